The van der Waals surface area contributed by atoms with Crippen molar-refractivity contribution in [3.05, 3.63) is 69.3 Å². The van der Waals surface area contributed by atoms with Crippen LogP contribution in [0.5, 0.6) is 0 Å². The van der Waals surface area contributed by atoms with Gasteiger partial charge in [-0.1, -0.05) is 6.07 Å². The van der Waals surface area contributed by atoms with E-state index < -0.39 is 0 Å². The molecule has 0 bridgehead atoms. The summed E-state index contributed by atoms with van der Waals surface area (Å²) in [6, 6.07) is 7.58. The Morgan fingerprint density at radius 2 is 1.90 bits per heavy atom. The Hall–Kier alpha value is -3.75. The minimum absolute atomic E-state index is 0.306. The Balaban J connectivity index is 1.65. The van der Waals surface area contributed by atoms with Crippen LogP contribution in [0, 0.1) is 0 Å². The topological polar surface area (TPSA) is 110 Å². The van der Waals surface area contributed by atoms with Crippen LogP contribution >= 0.6 is 0 Å². The lowest BCUT2D eigenvalue weighted by atomic mass is 10.2. The van der Waals surface area contributed by atoms with Crippen molar-refractivity contribution in [3.8, 4) is 11.4 Å². The SMILES string of the molecule is CCn1c(=O)c2[nH]c(-c3ccc(NCc4cccnc4)nc3)nc2n(CC)c1=O. The van der Waals surface area contributed by atoms with Crippen LogP contribution in [-0.2, 0) is 19.6 Å². The summed E-state index contributed by atoms with van der Waals surface area (Å²) in [7, 11) is 0. The lowest BCUT2D eigenvalue weighted by Crippen LogP contribution is -2.39. The summed E-state index contributed by atoms with van der Waals surface area (Å²) < 4.78 is 2.70. The molecule has 4 rings (SSSR count). The smallest absolute Gasteiger partial charge is 0.332 e. The molecule has 2 N–H and O–H groups in total. The molecule has 4 heterocycles. The standard InChI is InChI=1S/C20H21N7O2/c1-3-26-18-16(19(28)27(4-2)20(26)29)24-17(25-18)14-7-8-15(23-12-14)22-11-13-6-5-9-21-10-13/h5-10,12H,3-4,11H2,1-2H3,(H,22,23)(H,24,25). The minimum Gasteiger partial charge on any atom is -0.366 e. The fourth-order valence-corrected chi connectivity index (χ4v) is 3.20. The van der Waals surface area contributed by atoms with Gasteiger partial charge in [-0.3, -0.25) is 18.9 Å². The number of fused-ring (bicyclic) bond motifs is 1. The van der Waals surface area contributed by atoms with Crippen molar-refractivity contribution in [1.82, 2.24) is 29.1 Å². The van der Waals surface area contributed by atoms with Gasteiger partial charge in [-0.2, -0.15) is 0 Å². The maximum atomic E-state index is 12.6. The second-order valence-electron chi connectivity index (χ2n) is 6.51. The third kappa shape index (κ3) is 3.42. The molecule has 9 heteroatoms. The van der Waals surface area contributed by atoms with E-state index in [0.29, 0.717) is 42.4 Å². The molecule has 0 spiro atoms. The highest BCUT2D eigenvalue weighted by atomic mass is 16.2. The van der Waals surface area contributed by atoms with Gasteiger partial charge in [0.25, 0.3) is 5.56 Å². The van der Waals surface area contributed by atoms with E-state index in [0.717, 1.165) is 11.1 Å². The van der Waals surface area contributed by atoms with Crippen molar-refractivity contribution in [2.45, 2.75) is 33.5 Å². The largest absolute Gasteiger partial charge is 0.366 e. The quantitative estimate of drug-likeness (QED) is 0.520. The number of aromatic nitrogens is 6. The number of aromatic amines is 1. The molecule has 9 nitrogen and oxygen atoms in total. The minimum atomic E-state index is -0.362. The molecule has 0 radical (unpaired) electrons. The Morgan fingerprint density at radius 3 is 2.55 bits per heavy atom. The lowest BCUT2D eigenvalue weighted by Gasteiger charge is -2.06. The van der Waals surface area contributed by atoms with Crippen molar-refractivity contribution in [1.29, 1.82) is 0 Å². The summed E-state index contributed by atoms with van der Waals surface area (Å²) in [6.07, 6.45) is 5.21. The fourth-order valence-electron chi connectivity index (χ4n) is 3.20. The molecule has 0 saturated carbocycles. The summed E-state index contributed by atoms with van der Waals surface area (Å²) in [5, 5.41) is 3.24. The van der Waals surface area contributed by atoms with E-state index >= 15 is 0 Å². The van der Waals surface area contributed by atoms with Gasteiger partial charge < -0.3 is 10.3 Å². The molecule has 0 fully saturated rings. The van der Waals surface area contributed by atoms with Crippen molar-refractivity contribution >= 4 is 17.0 Å². The number of pyridine rings is 2. The van der Waals surface area contributed by atoms with E-state index in [9.17, 15) is 9.59 Å². The van der Waals surface area contributed by atoms with E-state index in [1.807, 2.05) is 31.2 Å². The molecule has 0 saturated heterocycles. The number of rotatable bonds is 6. The number of imidazole rings is 1. The first kappa shape index (κ1) is 18.6. The third-order valence-corrected chi connectivity index (χ3v) is 4.73. The van der Waals surface area contributed by atoms with E-state index in [4.69, 9.17) is 0 Å². The normalized spacial score (nSPS) is 11.1. The van der Waals surface area contributed by atoms with Gasteiger partial charge in [0.15, 0.2) is 5.65 Å². The van der Waals surface area contributed by atoms with Crippen molar-refractivity contribution in [2.24, 2.45) is 0 Å². The summed E-state index contributed by atoms with van der Waals surface area (Å²) in [4.78, 5) is 41.2. The molecule has 0 atom stereocenters. The Bertz CT molecular complexity index is 1250. The molecule has 4 aromatic rings. The molecule has 148 valence electrons. The molecular formula is C20H21N7O2. The molecule has 0 aliphatic rings. The van der Waals surface area contributed by atoms with Gasteiger partial charge in [-0.15, -0.1) is 0 Å². The highest BCUT2D eigenvalue weighted by molar-refractivity contribution is 5.75. The van der Waals surface area contributed by atoms with Crippen molar-refractivity contribution < 1.29 is 0 Å². The Kier molecular flexibility index (Phi) is 4.94. The monoisotopic (exact) mass is 391 g/mol. The zero-order valence-electron chi connectivity index (χ0n) is 16.2. The molecule has 0 aliphatic carbocycles. The Morgan fingerprint density at radius 1 is 1.07 bits per heavy atom. The number of H-pyrrole nitrogens is 1. The second-order valence-corrected chi connectivity index (χ2v) is 6.51. The molecule has 0 aromatic carbocycles. The molecule has 29 heavy (non-hydrogen) atoms. The van der Waals surface area contributed by atoms with E-state index in [1.54, 1.807) is 25.5 Å². The number of hydrogen-bond donors (Lipinski definition) is 2. The highest BCUT2D eigenvalue weighted by Gasteiger charge is 2.16. The van der Waals surface area contributed by atoms with Crippen LogP contribution in [0.3, 0.4) is 0 Å². The summed E-state index contributed by atoms with van der Waals surface area (Å²) >= 11 is 0. The van der Waals surface area contributed by atoms with Crippen LogP contribution in [0.1, 0.15) is 19.4 Å². The van der Waals surface area contributed by atoms with E-state index in [1.165, 1.54) is 9.13 Å². The average Bonchev–Trinajstić information content (AvgIpc) is 3.19. The summed E-state index contributed by atoms with van der Waals surface area (Å²) in [5.74, 6) is 1.21. The molecular weight excluding hydrogens is 370 g/mol. The zero-order valence-corrected chi connectivity index (χ0v) is 16.2. The van der Waals surface area contributed by atoms with Crippen LogP contribution in [0.4, 0.5) is 5.82 Å². The summed E-state index contributed by atoms with van der Waals surface area (Å²) in [5.41, 5.74) is 1.76. The maximum Gasteiger partial charge on any atom is 0.332 e. The predicted molar refractivity (Wildman–Crippen MR) is 111 cm³/mol. The average molecular weight is 391 g/mol. The second kappa shape index (κ2) is 7.70. The molecule has 0 aliphatic heterocycles. The van der Waals surface area contributed by atoms with Crippen LogP contribution in [0.2, 0.25) is 0 Å². The first-order chi connectivity index (χ1) is 14.1. The molecule has 0 unspecified atom stereocenters. The summed E-state index contributed by atoms with van der Waals surface area (Å²) in [6.45, 7) is 4.97. The van der Waals surface area contributed by atoms with Gasteiger partial charge in [-0.25, -0.2) is 14.8 Å². The first-order valence-corrected chi connectivity index (χ1v) is 9.45. The first-order valence-electron chi connectivity index (χ1n) is 9.45. The van der Waals surface area contributed by atoms with Crippen LogP contribution in [-0.4, -0.2) is 29.1 Å². The lowest BCUT2D eigenvalue weighted by molar-refractivity contribution is 0.606. The molecule has 4 aromatic heterocycles. The van der Waals surface area contributed by atoms with Crippen molar-refractivity contribution in [2.75, 3.05) is 5.32 Å². The number of nitrogens with zero attached hydrogens (tertiary/aromatic N) is 5. The van der Waals surface area contributed by atoms with Gasteiger partial charge in [0.2, 0.25) is 0 Å². The third-order valence-electron chi connectivity index (χ3n) is 4.73. The number of anilines is 1. The van der Waals surface area contributed by atoms with Crippen LogP contribution in [0.15, 0.2) is 52.4 Å². The fraction of sp³-hybridized carbons (Fsp3) is 0.250. The zero-order chi connectivity index (χ0) is 20.4. The van der Waals surface area contributed by atoms with Gasteiger partial charge in [0.1, 0.15) is 17.2 Å². The van der Waals surface area contributed by atoms with Crippen LogP contribution < -0.4 is 16.6 Å². The number of aryl methyl sites for hydroxylation is 1. The van der Waals surface area contributed by atoms with Gasteiger partial charge in [-0.05, 0) is 37.6 Å². The van der Waals surface area contributed by atoms with Crippen LogP contribution in [0.25, 0.3) is 22.6 Å². The van der Waals surface area contributed by atoms with Gasteiger partial charge in [0, 0.05) is 43.8 Å². The van der Waals surface area contributed by atoms with Gasteiger partial charge >= 0.3 is 5.69 Å². The maximum absolute atomic E-state index is 12.6. The Labute approximate surface area is 166 Å². The molecule has 0 amide bonds. The number of hydrogen-bond acceptors (Lipinski definition) is 6. The highest BCUT2D eigenvalue weighted by Crippen LogP contribution is 2.19. The number of nitrogens with one attached hydrogen (secondary N) is 2. The van der Waals surface area contributed by atoms with E-state index in [-0.39, 0.29) is 11.2 Å². The van der Waals surface area contributed by atoms with E-state index in [2.05, 4.69) is 25.3 Å². The van der Waals surface area contributed by atoms with Gasteiger partial charge in [0.05, 0.1) is 0 Å². The predicted octanol–water partition coefficient (Wildman–Crippen LogP) is 2.00. The van der Waals surface area contributed by atoms with Crippen molar-refractivity contribution in [3.63, 3.8) is 0 Å².